The van der Waals surface area contributed by atoms with Crippen LogP contribution in [-0.2, 0) is 10.0 Å². The summed E-state index contributed by atoms with van der Waals surface area (Å²) in [6.07, 6.45) is 0. The molecule has 0 aliphatic rings. The lowest BCUT2D eigenvalue weighted by Crippen LogP contribution is -2.22. The molecule has 15 heavy (non-hydrogen) atoms. The Kier molecular flexibility index (Phi) is 3.67. The van der Waals surface area contributed by atoms with Crippen molar-refractivity contribution in [3.05, 3.63) is 24.3 Å². The molecule has 0 aliphatic carbocycles. The van der Waals surface area contributed by atoms with E-state index in [1.807, 2.05) is 6.92 Å². The van der Waals surface area contributed by atoms with Gasteiger partial charge in [0.25, 0.3) is 10.0 Å². The minimum Gasteiger partial charge on any atom is -0.494 e. The van der Waals surface area contributed by atoms with Crippen LogP contribution in [0.5, 0.6) is 5.75 Å². The topological polar surface area (TPSA) is 66.8 Å². The summed E-state index contributed by atoms with van der Waals surface area (Å²) in [6.45, 7) is 2.36. The van der Waals surface area contributed by atoms with E-state index < -0.39 is 10.0 Å². The largest absolute Gasteiger partial charge is 0.494 e. The molecular formula is C9H13NO4S. The summed E-state index contributed by atoms with van der Waals surface area (Å²) in [5.41, 5.74) is 0. The van der Waals surface area contributed by atoms with Crippen LogP contribution in [0.4, 0.5) is 0 Å². The number of ether oxygens (including phenoxy) is 1. The molecule has 0 radical (unpaired) electrons. The third-order valence-electron chi connectivity index (χ3n) is 1.78. The van der Waals surface area contributed by atoms with E-state index in [1.165, 1.54) is 12.1 Å². The first-order valence-electron chi connectivity index (χ1n) is 4.39. The van der Waals surface area contributed by atoms with Gasteiger partial charge in [-0.2, -0.15) is 0 Å². The van der Waals surface area contributed by atoms with Crippen LogP contribution in [0.3, 0.4) is 0 Å². The van der Waals surface area contributed by atoms with Gasteiger partial charge < -0.3 is 4.74 Å². The van der Waals surface area contributed by atoms with Gasteiger partial charge in [-0.15, -0.1) is 0 Å². The van der Waals surface area contributed by atoms with Gasteiger partial charge in [-0.1, -0.05) is 4.47 Å². The first-order chi connectivity index (χ1) is 6.98. The average Bonchev–Trinajstić information content (AvgIpc) is 2.19. The Hall–Kier alpha value is -1.11. The molecule has 0 spiro atoms. The van der Waals surface area contributed by atoms with Gasteiger partial charge in [0.1, 0.15) is 5.75 Å². The van der Waals surface area contributed by atoms with E-state index in [0.29, 0.717) is 12.4 Å². The van der Waals surface area contributed by atoms with E-state index in [9.17, 15) is 8.42 Å². The molecule has 0 fully saturated rings. The van der Waals surface area contributed by atoms with E-state index >= 15 is 0 Å². The molecule has 1 aromatic rings. The number of hydroxylamine groups is 1. The van der Waals surface area contributed by atoms with E-state index in [0.717, 1.165) is 7.05 Å². The van der Waals surface area contributed by atoms with Crippen molar-refractivity contribution in [3.63, 3.8) is 0 Å². The Morgan fingerprint density at radius 3 is 2.27 bits per heavy atom. The second kappa shape index (κ2) is 4.61. The second-order valence-electron chi connectivity index (χ2n) is 2.84. The fourth-order valence-corrected chi connectivity index (χ4v) is 1.81. The maximum Gasteiger partial charge on any atom is 0.264 e. The molecule has 0 amide bonds. The Morgan fingerprint density at radius 1 is 1.33 bits per heavy atom. The molecule has 0 saturated heterocycles. The van der Waals surface area contributed by atoms with Crippen LogP contribution in [0.1, 0.15) is 6.92 Å². The first kappa shape index (κ1) is 12.0. The van der Waals surface area contributed by atoms with Crippen LogP contribution >= 0.6 is 0 Å². The molecule has 0 heterocycles. The summed E-state index contributed by atoms with van der Waals surface area (Å²) >= 11 is 0. The summed E-state index contributed by atoms with van der Waals surface area (Å²) in [7, 11) is -2.71. The van der Waals surface area contributed by atoms with Gasteiger partial charge in [0, 0.05) is 7.05 Å². The van der Waals surface area contributed by atoms with Crippen molar-refractivity contribution in [1.82, 2.24) is 4.47 Å². The highest BCUT2D eigenvalue weighted by atomic mass is 32.2. The molecule has 1 N–H and O–H groups in total. The van der Waals surface area contributed by atoms with Gasteiger partial charge in [-0.05, 0) is 31.2 Å². The van der Waals surface area contributed by atoms with E-state index in [4.69, 9.17) is 9.94 Å². The second-order valence-corrected chi connectivity index (χ2v) is 4.79. The Bertz CT molecular complexity index is 410. The van der Waals surface area contributed by atoms with E-state index in [1.54, 1.807) is 12.1 Å². The van der Waals surface area contributed by atoms with Crippen LogP contribution in [0.25, 0.3) is 0 Å². The normalized spacial score (nSPS) is 11.7. The molecule has 0 saturated carbocycles. The summed E-state index contributed by atoms with van der Waals surface area (Å²) in [5, 5.41) is 8.92. The lowest BCUT2D eigenvalue weighted by atomic mass is 10.3. The highest BCUT2D eigenvalue weighted by Crippen LogP contribution is 2.17. The number of benzene rings is 1. The van der Waals surface area contributed by atoms with Crippen LogP contribution in [0, 0.1) is 0 Å². The summed E-state index contributed by atoms with van der Waals surface area (Å²) < 4.78 is 28.2. The predicted molar refractivity (Wildman–Crippen MR) is 54.3 cm³/mol. The van der Waals surface area contributed by atoms with Gasteiger partial charge in [0.2, 0.25) is 0 Å². The van der Waals surface area contributed by atoms with Crippen molar-refractivity contribution in [3.8, 4) is 5.75 Å². The van der Waals surface area contributed by atoms with Gasteiger partial charge in [-0.3, -0.25) is 5.21 Å². The monoisotopic (exact) mass is 231 g/mol. The zero-order chi connectivity index (χ0) is 11.5. The maximum absolute atomic E-state index is 11.4. The van der Waals surface area contributed by atoms with Crippen LogP contribution < -0.4 is 4.74 Å². The van der Waals surface area contributed by atoms with Crippen molar-refractivity contribution in [1.29, 1.82) is 0 Å². The van der Waals surface area contributed by atoms with Gasteiger partial charge in [0.05, 0.1) is 11.5 Å². The predicted octanol–water partition coefficient (Wildman–Crippen LogP) is 1.09. The third kappa shape index (κ3) is 2.68. The Morgan fingerprint density at radius 2 is 1.87 bits per heavy atom. The third-order valence-corrected chi connectivity index (χ3v) is 3.34. The van der Waals surface area contributed by atoms with Gasteiger partial charge >= 0.3 is 0 Å². The molecule has 0 atom stereocenters. The summed E-state index contributed by atoms with van der Waals surface area (Å²) in [6, 6.07) is 5.85. The van der Waals surface area contributed by atoms with Crippen molar-refractivity contribution in [2.75, 3.05) is 13.7 Å². The fraction of sp³-hybridized carbons (Fsp3) is 0.333. The molecule has 0 aromatic heterocycles. The molecule has 1 aromatic carbocycles. The molecule has 0 unspecified atom stereocenters. The molecule has 0 bridgehead atoms. The van der Waals surface area contributed by atoms with Crippen LogP contribution in [0.2, 0.25) is 0 Å². The number of hydrogen-bond acceptors (Lipinski definition) is 4. The number of hydrogen-bond donors (Lipinski definition) is 1. The van der Waals surface area contributed by atoms with Crippen molar-refractivity contribution in [2.24, 2.45) is 0 Å². The standard InChI is InChI=1S/C9H13NO4S/c1-3-14-8-4-6-9(7-5-8)15(12,13)10(2)11/h4-7,11H,3H2,1-2H3. The van der Waals surface area contributed by atoms with E-state index in [-0.39, 0.29) is 9.36 Å². The van der Waals surface area contributed by atoms with Crippen LogP contribution in [0.15, 0.2) is 29.2 Å². The number of nitrogens with zero attached hydrogens (tertiary/aromatic N) is 1. The smallest absolute Gasteiger partial charge is 0.264 e. The minimum atomic E-state index is -3.78. The molecule has 84 valence electrons. The zero-order valence-corrected chi connectivity index (χ0v) is 9.36. The van der Waals surface area contributed by atoms with Crippen molar-refractivity contribution in [2.45, 2.75) is 11.8 Å². The molecule has 0 aliphatic heterocycles. The average molecular weight is 231 g/mol. The Labute approximate surface area is 88.9 Å². The quantitative estimate of drug-likeness (QED) is 0.788. The molecule has 5 nitrogen and oxygen atoms in total. The summed E-state index contributed by atoms with van der Waals surface area (Å²) in [5.74, 6) is 0.594. The SMILES string of the molecule is CCOc1ccc(S(=O)(=O)N(C)O)cc1. The lowest BCUT2D eigenvalue weighted by Gasteiger charge is -2.10. The fourth-order valence-electron chi connectivity index (χ4n) is 1.03. The molecular weight excluding hydrogens is 218 g/mol. The number of rotatable bonds is 4. The maximum atomic E-state index is 11.4. The zero-order valence-electron chi connectivity index (χ0n) is 8.54. The summed E-state index contributed by atoms with van der Waals surface area (Å²) in [4.78, 5) is 0.0240. The van der Waals surface area contributed by atoms with E-state index in [2.05, 4.69) is 0 Å². The number of sulfonamides is 1. The van der Waals surface area contributed by atoms with Gasteiger partial charge in [-0.25, -0.2) is 8.42 Å². The lowest BCUT2D eigenvalue weighted by molar-refractivity contribution is 0.0310. The molecule has 6 heteroatoms. The van der Waals surface area contributed by atoms with Crippen LogP contribution in [-0.4, -0.2) is 31.7 Å². The van der Waals surface area contributed by atoms with Gasteiger partial charge in [0.15, 0.2) is 0 Å². The minimum absolute atomic E-state index is 0.0240. The highest BCUT2D eigenvalue weighted by molar-refractivity contribution is 7.89. The highest BCUT2D eigenvalue weighted by Gasteiger charge is 2.18. The molecule has 1 rings (SSSR count). The van der Waals surface area contributed by atoms with Crippen molar-refractivity contribution < 1.29 is 18.4 Å². The Balaban J connectivity index is 2.99. The first-order valence-corrected chi connectivity index (χ1v) is 5.83. The van der Waals surface area contributed by atoms with Crippen molar-refractivity contribution >= 4 is 10.0 Å².